The van der Waals surface area contributed by atoms with Gasteiger partial charge in [-0.1, -0.05) is 41.4 Å². The van der Waals surface area contributed by atoms with Crippen LogP contribution < -0.4 is 10.1 Å². The van der Waals surface area contributed by atoms with Crippen LogP contribution in [-0.2, 0) is 0 Å². The molecule has 0 aliphatic heterocycles. The molecule has 0 bridgehead atoms. The molecule has 1 amide bonds. The van der Waals surface area contributed by atoms with Crippen LogP contribution in [0.2, 0.25) is 5.02 Å². The molecule has 0 aliphatic carbocycles. The predicted octanol–water partition coefficient (Wildman–Crippen LogP) is 5.47. The summed E-state index contributed by atoms with van der Waals surface area (Å²) < 4.78 is 18.7. The number of hydrogen-bond acceptors (Lipinski definition) is 3. The number of carbonyl (C=O) groups excluding carboxylic acids is 1. The number of pyridine rings is 1. The summed E-state index contributed by atoms with van der Waals surface area (Å²) in [5.74, 6) is -0.280. The maximum Gasteiger partial charge on any atom is 0.257 e. The van der Waals surface area contributed by atoms with Gasteiger partial charge in [0.15, 0.2) is 0 Å². The minimum absolute atomic E-state index is 0.0969. The van der Waals surface area contributed by atoms with Crippen molar-refractivity contribution in [1.29, 1.82) is 0 Å². The highest BCUT2D eigenvalue weighted by Gasteiger charge is 2.18. The van der Waals surface area contributed by atoms with Gasteiger partial charge in [0.2, 0.25) is 5.88 Å². The molecule has 0 fully saturated rings. The predicted molar refractivity (Wildman–Crippen MR) is 103 cm³/mol. The van der Waals surface area contributed by atoms with Crippen molar-refractivity contribution in [1.82, 2.24) is 10.3 Å². The van der Waals surface area contributed by atoms with Crippen molar-refractivity contribution in [3.05, 3.63) is 88.3 Å². The first-order valence-electron chi connectivity index (χ1n) is 8.39. The van der Waals surface area contributed by atoms with E-state index in [1.54, 1.807) is 0 Å². The molecule has 0 saturated heterocycles. The molecule has 1 atom stereocenters. The Morgan fingerprint density at radius 2 is 1.81 bits per heavy atom. The largest absolute Gasteiger partial charge is 0.438 e. The maximum atomic E-state index is 13.1. The van der Waals surface area contributed by atoms with Gasteiger partial charge in [0.1, 0.15) is 17.1 Å². The van der Waals surface area contributed by atoms with Crippen LogP contribution in [0, 0.1) is 12.7 Å². The number of nitrogens with zero attached hydrogens (tertiary/aromatic N) is 1. The van der Waals surface area contributed by atoms with Crippen LogP contribution in [0.4, 0.5) is 4.39 Å². The van der Waals surface area contributed by atoms with Crippen LogP contribution in [0.5, 0.6) is 11.6 Å². The maximum absolute atomic E-state index is 13.1. The molecule has 27 heavy (non-hydrogen) atoms. The standard InChI is InChI=1S/C21H18ClFN2O2/c1-13-3-5-15(6-4-13)14(2)25-20(26)19-11-16(22)12-24-21(19)27-18-9-7-17(23)8-10-18/h3-12,14H,1-2H3,(H,25,26)/t14-/m0/s1. The van der Waals surface area contributed by atoms with Crippen molar-refractivity contribution in [2.45, 2.75) is 19.9 Å². The summed E-state index contributed by atoms with van der Waals surface area (Å²) in [6.45, 7) is 3.89. The average molecular weight is 385 g/mol. The minimum Gasteiger partial charge on any atom is -0.438 e. The molecule has 138 valence electrons. The van der Waals surface area contributed by atoms with Gasteiger partial charge in [-0.05, 0) is 49.7 Å². The Labute approximate surface area is 162 Å². The smallest absolute Gasteiger partial charge is 0.257 e. The number of ether oxygens (including phenoxy) is 1. The lowest BCUT2D eigenvalue weighted by Crippen LogP contribution is -2.27. The number of amides is 1. The summed E-state index contributed by atoms with van der Waals surface area (Å²) in [6.07, 6.45) is 1.39. The second kappa shape index (κ2) is 8.18. The molecule has 0 aliphatic rings. The second-order valence-corrected chi connectivity index (χ2v) is 6.60. The molecule has 1 N–H and O–H groups in total. The molecule has 0 unspecified atom stereocenters. The van der Waals surface area contributed by atoms with E-state index >= 15 is 0 Å². The number of carbonyl (C=O) groups is 1. The van der Waals surface area contributed by atoms with Gasteiger partial charge in [-0.15, -0.1) is 0 Å². The fraction of sp³-hybridized carbons (Fsp3) is 0.143. The summed E-state index contributed by atoms with van der Waals surface area (Å²) in [5.41, 5.74) is 2.32. The number of rotatable bonds is 5. The lowest BCUT2D eigenvalue weighted by Gasteiger charge is -2.16. The van der Waals surface area contributed by atoms with Gasteiger partial charge in [0.25, 0.3) is 5.91 Å². The third-order valence-corrected chi connectivity index (χ3v) is 4.22. The zero-order valence-corrected chi connectivity index (χ0v) is 15.6. The van der Waals surface area contributed by atoms with Crippen LogP contribution in [0.25, 0.3) is 0 Å². The second-order valence-electron chi connectivity index (χ2n) is 6.17. The average Bonchev–Trinajstić information content (AvgIpc) is 2.65. The van der Waals surface area contributed by atoms with Crippen LogP contribution in [0.1, 0.15) is 34.5 Å². The van der Waals surface area contributed by atoms with E-state index in [2.05, 4.69) is 10.3 Å². The van der Waals surface area contributed by atoms with E-state index in [1.807, 2.05) is 38.1 Å². The number of nitrogens with one attached hydrogen (secondary N) is 1. The quantitative estimate of drug-likeness (QED) is 0.635. The lowest BCUT2D eigenvalue weighted by molar-refractivity contribution is 0.0937. The molecule has 0 spiro atoms. The molecule has 6 heteroatoms. The highest BCUT2D eigenvalue weighted by Crippen LogP contribution is 2.26. The SMILES string of the molecule is Cc1ccc([C@H](C)NC(=O)c2cc(Cl)cnc2Oc2ccc(F)cc2)cc1. The van der Waals surface area contributed by atoms with E-state index < -0.39 is 0 Å². The normalized spacial score (nSPS) is 11.7. The highest BCUT2D eigenvalue weighted by atomic mass is 35.5. The highest BCUT2D eigenvalue weighted by molar-refractivity contribution is 6.30. The Hall–Kier alpha value is -2.92. The van der Waals surface area contributed by atoms with Crippen LogP contribution >= 0.6 is 11.6 Å². The first-order chi connectivity index (χ1) is 12.9. The van der Waals surface area contributed by atoms with E-state index in [1.165, 1.54) is 36.5 Å². The van der Waals surface area contributed by atoms with Gasteiger partial charge in [-0.2, -0.15) is 0 Å². The Balaban J connectivity index is 1.81. The van der Waals surface area contributed by atoms with Crippen molar-refractivity contribution in [3.63, 3.8) is 0 Å². The summed E-state index contributed by atoms with van der Waals surface area (Å²) in [5, 5.41) is 3.23. The summed E-state index contributed by atoms with van der Waals surface area (Å²) >= 11 is 6.01. The monoisotopic (exact) mass is 384 g/mol. The number of aromatic nitrogens is 1. The van der Waals surface area contributed by atoms with Crippen molar-refractivity contribution in [2.75, 3.05) is 0 Å². The van der Waals surface area contributed by atoms with Gasteiger partial charge in [-0.3, -0.25) is 4.79 Å². The molecule has 4 nitrogen and oxygen atoms in total. The molecular weight excluding hydrogens is 367 g/mol. The summed E-state index contributed by atoms with van der Waals surface area (Å²) in [6, 6.07) is 14.6. The van der Waals surface area contributed by atoms with Crippen LogP contribution in [0.3, 0.4) is 0 Å². The third-order valence-electron chi connectivity index (χ3n) is 4.02. The summed E-state index contributed by atoms with van der Waals surface area (Å²) in [4.78, 5) is 16.9. The van der Waals surface area contributed by atoms with E-state index in [4.69, 9.17) is 16.3 Å². The molecule has 1 heterocycles. The Bertz CT molecular complexity index is 943. The van der Waals surface area contributed by atoms with Gasteiger partial charge < -0.3 is 10.1 Å². The van der Waals surface area contributed by atoms with E-state index in [9.17, 15) is 9.18 Å². The number of hydrogen-bond donors (Lipinski definition) is 1. The number of aryl methyl sites for hydroxylation is 1. The fourth-order valence-electron chi connectivity index (χ4n) is 2.50. The third kappa shape index (κ3) is 4.83. The van der Waals surface area contributed by atoms with Crippen LogP contribution in [0.15, 0.2) is 60.8 Å². The Kier molecular flexibility index (Phi) is 5.72. The number of benzene rings is 2. The van der Waals surface area contributed by atoms with Gasteiger partial charge in [0.05, 0.1) is 11.1 Å². The topological polar surface area (TPSA) is 51.2 Å². The molecular formula is C21H18ClFN2O2. The van der Waals surface area contributed by atoms with Gasteiger partial charge in [-0.25, -0.2) is 9.37 Å². The molecule has 0 radical (unpaired) electrons. The Morgan fingerprint density at radius 3 is 2.48 bits per heavy atom. The lowest BCUT2D eigenvalue weighted by atomic mass is 10.1. The zero-order valence-electron chi connectivity index (χ0n) is 14.9. The molecule has 3 aromatic rings. The van der Waals surface area contributed by atoms with Crippen molar-refractivity contribution >= 4 is 17.5 Å². The minimum atomic E-state index is -0.378. The fourth-order valence-corrected chi connectivity index (χ4v) is 2.66. The Morgan fingerprint density at radius 1 is 1.15 bits per heavy atom. The van der Waals surface area contributed by atoms with E-state index in [0.29, 0.717) is 10.8 Å². The zero-order chi connectivity index (χ0) is 19.4. The molecule has 3 rings (SSSR count). The molecule has 2 aromatic carbocycles. The van der Waals surface area contributed by atoms with E-state index in [0.717, 1.165) is 11.1 Å². The summed E-state index contributed by atoms with van der Waals surface area (Å²) in [7, 11) is 0. The first-order valence-corrected chi connectivity index (χ1v) is 8.76. The van der Waals surface area contributed by atoms with Crippen molar-refractivity contribution in [3.8, 4) is 11.6 Å². The van der Waals surface area contributed by atoms with Gasteiger partial charge in [0, 0.05) is 6.20 Å². The van der Waals surface area contributed by atoms with Crippen LogP contribution in [-0.4, -0.2) is 10.9 Å². The van der Waals surface area contributed by atoms with Gasteiger partial charge >= 0.3 is 0 Å². The van der Waals surface area contributed by atoms with Crippen molar-refractivity contribution < 1.29 is 13.9 Å². The van der Waals surface area contributed by atoms with Crippen molar-refractivity contribution in [2.24, 2.45) is 0 Å². The molecule has 0 saturated carbocycles. The molecule has 1 aromatic heterocycles. The first kappa shape index (κ1) is 18.9. The van der Waals surface area contributed by atoms with E-state index in [-0.39, 0.29) is 29.2 Å². The number of halogens is 2.